The van der Waals surface area contributed by atoms with Crippen LogP contribution in [0.25, 0.3) is 0 Å². The fourth-order valence-electron chi connectivity index (χ4n) is 0.705. The molecule has 0 aliphatic carbocycles. The summed E-state index contributed by atoms with van der Waals surface area (Å²) in [4.78, 5) is 0.541. The van der Waals surface area contributed by atoms with E-state index < -0.39 is 6.61 Å². The van der Waals surface area contributed by atoms with Crippen LogP contribution < -0.4 is 4.74 Å². The van der Waals surface area contributed by atoms with E-state index in [-0.39, 0.29) is 5.75 Å². The first-order valence-corrected chi connectivity index (χ1v) is 5.17. The molecule has 0 atom stereocenters. The molecule has 0 heterocycles. The van der Waals surface area contributed by atoms with Crippen molar-refractivity contribution in [3.05, 3.63) is 21.1 Å². The van der Waals surface area contributed by atoms with Crippen molar-refractivity contribution in [2.45, 2.75) is 11.5 Å². The SMILES string of the molecule is FC(F)Oc1cc(S)c(Br)cc1Br. The molecule has 0 N–H and O–H groups in total. The summed E-state index contributed by atoms with van der Waals surface area (Å²) in [6, 6.07) is 3.00. The molecular formula is C7H4Br2F2OS. The molecule has 1 aromatic carbocycles. The zero-order valence-corrected chi connectivity index (χ0v) is 10.2. The maximum absolute atomic E-state index is 11.9. The van der Waals surface area contributed by atoms with Crippen molar-refractivity contribution < 1.29 is 13.5 Å². The van der Waals surface area contributed by atoms with Gasteiger partial charge in [-0.1, -0.05) is 0 Å². The molecule has 0 radical (unpaired) electrons. The number of benzene rings is 1. The summed E-state index contributed by atoms with van der Waals surface area (Å²) in [5.74, 6) is 0.0724. The largest absolute Gasteiger partial charge is 0.434 e. The predicted octanol–water partition coefficient (Wildman–Crippen LogP) is 4.10. The van der Waals surface area contributed by atoms with Gasteiger partial charge in [-0.25, -0.2) is 0 Å². The molecule has 0 aliphatic heterocycles. The van der Waals surface area contributed by atoms with E-state index in [0.717, 1.165) is 0 Å². The second kappa shape index (κ2) is 4.61. The van der Waals surface area contributed by atoms with Gasteiger partial charge >= 0.3 is 6.61 Å². The van der Waals surface area contributed by atoms with Crippen LogP contribution in [0.4, 0.5) is 8.78 Å². The molecule has 1 rings (SSSR count). The Morgan fingerprint density at radius 3 is 2.38 bits per heavy atom. The smallest absolute Gasteiger partial charge is 0.387 e. The van der Waals surface area contributed by atoms with Gasteiger partial charge in [0.05, 0.1) is 4.47 Å². The highest BCUT2D eigenvalue weighted by Crippen LogP contribution is 2.34. The van der Waals surface area contributed by atoms with E-state index in [1.807, 2.05) is 0 Å². The number of hydrogen-bond acceptors (Lipinski definition) is 2. The first-order chi connectivity index (χ1) is 6.00. The lowest BCUT2D eigenvalue weighted by atomic mass is 10.3. The molecule has 0 amide bonds. The fourth-order valence-corrected chi connectivity index (χ4v) is 1.97. The van der Waals surface area contributed by atoms with E-state index in [9.17, 15) is 8.78 Å². The molecule has 6 heteroatoms. The van der Waals surface area contributed by atoms with Gasteiger partial charge in [-0.15, -0.1) is 12.6 Å². The first kappa shape index (κ1) is 11.3. The van der Waals surface area contributed by atoms with Crippen molar-refractivity contribution in [3.8, 4) is 5.75 Å². The maximum atomic E-state index is 11.9. The van der Waals surface area contributed by atoms with Crippen LogP contribution in [-0.2, 0) is 0 Å². The minimum absolute atomic E-state index is 0.0724. The van der Waals surface area contributed by atoms with E-state index in [2.05, 4.69) is 49.2 Å². The van der Waals surface area contributed by atoms with Crippen LogP contribution in [0.5, 0.6) is 5.75 Å². The van der Waals surface area contributed by atoms with Gasteiger partial charge in [0.25, 0.3) is 0 Å². The molecule has 0 aromatic heterocycles. The molecule has 13 heavy (non-hydrogen) atoms. The Morgan fingerprint density at radius 2 is 1.85 bits per heavy atom. The fraction of sp³-hybridized carbons (Fsp3) is 0.143. The second-order valence-electron chi connectivity index (χ2n) is 2.11. The topological polar surface area (TPSA) is 9.23 Å². The number of alkyl halides is 2. The van der Waals surface area contributed by atoms with Gasteiger partial charge in [-0.2, -0.15) is 8.78 Å². The zero-order valence-electron chi connectivity index (χ0n) is 6.10. The summed E-state index contributed by atoms with van der Waals surface area (Å²) < 4.78 is 29.1. The Balaban J connectivity index is 3.01. The highest BCUT2D eigenvalue weighted by atomic mass is 79.9. The van der Waals surface area contributed by atoms with E-state index >= 15 is 0 Å². The average Bonchev–Trinajstić information content (AvgIpc) is 1.99. The van der Waals surface area contributed by atoms with E-state index in [4.69, 9.17) is 0 Å². The zero-order chi connectivity index (χ0) is 10.0. The van der Waals surface area contributed by atoms with Gasteiger partial charge in [-0.3, -0.25) is 0 Å². The van der Waals surface area contributed by atoms with Gasteiger partial charge in [0.1, 0.15) is 5.75 Å². The number of thiol groups is 1. The molecule has 1 nitrogen and oxygen atoms in total. The van der Waals surface area contributed by atoms with Crippen molar-refractivity contribution in [2.75, 3.05) is 0 Å². The summed E-state index contributed by atoms with van der Waals surface area (Å²) in [6.45, 7) is -2.83. The third kappa shape index (κ3) is 3.11. The van der Waals surface area contributed by atoms with E-state index in [0.29, 0.717) is 13.8 Å². The Kier molecular flexibility index (Phi) is 4.00. The lowest BCUT2D eigenvalue weighted by Gasteiger charge is -2.08. The summed E-state index contributed by atoms with van der Waals surface area (Å²) >= 11 is 10.3. The standard InChI is InChI=1S/C7H4Br2F2OS/c8-3-1-4(9)6(13)2-5(3)12-7(10)11/h1-2,7,13H. The van der Waals surface area contributed by atoms with Crippen molar-refractivity contribution in [1.29, 1.82) is 0 Å². The van der Waals surface area contributed by atoms with Crippen LogP contribution in [0.1, 0.15) is 0 Å². The molecule has 0 fully saturated rings. The van der Waals surface area contributed by atoms with Gasteiger partial charge in [0, 0.05) is 9.37 Å². The summed E-state index contributed by atoms with van der Waals surface area (Å²) in [7, 11) is 0. The predicted molar refractivity (Wildman–Crippen MR) is 55.7 cm³/mol. The third-order valence-corrected chi connectivity index (χ3v) is 3.17. The molecule has 0 spiro atoms. The van der Waals surface area contributed by atoms with Gasteiger partial charge in [-0.05, 0) is 44.0 Å². The lowest BCUT2D eigenvalue weighted by Crippen LogP contribution is -2.02. The van der Waals surface area contributed by atoms with Gasteiger partial charge in [0.15, 0.2) is 0 Å². The van der Waals surface area contributed by atoms with Crippen molar-refractivity contribution in [2.24, 2.45) is 0 Å². The average molecular weight is 334 g/mol. The van der Waals surface area contributed by atoms with Crippen LogP contribution in [0.2, 0.25) is 0 Å². The molecule has 72 valence electrons. The number of ether oxygens (including phenoxy) is 1. The molecule has 0 aliphatic rings. The van der Waals surface area contributed by atoms with Crippen LogP contribution in [0.15, 0.2) is 26.0 Å². The first-order valence-electron chi connectivity index (χ1n) is 3.13. The van der Waals surface area contributed by atoms with Crippen LogP contribution in [0.3, 0.4) is 0 Å². The van der Waals surface area contributed by atoms with Crippen LogP contribution in [-0.4, -0.2) is 6.61 Å². The van der Waals surface area contributed by atoms with Crippen LogP contribution >= 0.6 is 44.5 Å². The minimum Gasteiger partial charge on any atom is -0.434 e. The number of halogens is 4. The Hall–Kier alpha value is 0.190. The highest BCUT2D eigenvalue weighted by molar-refractivity contribution is 9.11. The molecule has 1 aromatic rings. The van der Waals surface area contributed by atoms with Crippen molar-refractivity contribution in [1.82, 2.24) is 0 Å². The summed E-state index contributed by atoms with van der Waals surface area (Å²) in [5, 5.41) is 0. The van der Waals surface area contributed by atoms with Crippen LogP contribution in [0, 0.1) is 0 Å². The molecule has 0 saturated heterocycles. The van der Waals surface area contributed by atoms with Crippen molar-refractivity contribution in [3.63, 3.8) is 0 Å². The molecule has 0 saturated carbocycles. The quantitative estimate of drug-likeness (QED) is 0.802. The second-order valence-corrected chi connectivity index (χ2v) is 4.30. The molecule has 0 bridgehead atoms. The number of hydrogen-bond donors (Lipinski definition) is 1. The molecule has 0 unspecified atom stereocenters. The van der Waals surface area contributed by atoms with E-state index in [1.165, 1.54) is 6.07 Å². The summed E-state index contributed by atoms with van der Waals surface area (Å²) in [6.07, 6.45) is 0. The van der Waals surface area contributed by atoms with Gasteiger partial charge < -0.3 is 4.74 Å². The lowest BCUT2D eigenvalue weighted by molar-refractivity contribution is -0.0505. The Morgan fingerprint density at radius 1 is 1.23 bits per heavy atom. The highest BCUT2D eigenvalue weighted by Gasteiger charge is 2.10. The van der Waals surface area contributed by atoms with Crippen molar-refractivity contribution >= 4 is 44.5 Å². The third-order valence-electron chi connectivity index (χ3n) is 1.22. The minimum atomic E-state index is -2.83. The molecular weight excluding hydrogens is 330 g/mol. The Labute approximate surface area is 96.1 Å². The van der Waals surface area contributed by atoms with Gasteiger partial charge in [0.2, 0.25) is 0 Å². The normalized spacial score (nSPS) is 10.6. The summed E-state index contributed by atoms with van der Waals surface area (Å²) in [5.41, 5.74) is 0. The Bertz CT molecular complexity index is 320. The number of rotatable bonds is 2. The maximum Gasteiger partial charge on any atom is 0.387 e. The monoisotopic (exact) mass is 332 g/mol. The van der Waals surface area contributed by atoms with E-state index in [1.54, 1.807) is 6.07 Å².